The van der Waals surface area contributed by atoms with Crippen LogP contribution in [0.25, 0.3) is 0 Å². The second kappa shape index (κ2) is 6.81. The summed E-state index contributed by atoms with van der Waals surface area (Å²) in [4.78, 5) is 0. The number of halogens is 2. The van der Waals surface area contributed by atoms with Crippen molar-refractivity contribution in [3.8, 4) is 0 Å². The minimum absolute atomic E-state index is 0.144. The monoisotopic (exact) mass is 289 g/mol. The van der Waals surface area contributed by atoms with Crippen LogP contribution >= 0.6 is 0 Å². The molecule has 0 heterocycles. The first-order chi connectivity index (χ1) is 9.96. The Morgan fingerprint density at radius 1 is 1.00 bits per heavy atom. The van der Waals surface area contributed by atoms with Gasteiger partial charge in [0.2, 0.25) is 0 Å². The molecule has 0 aliphatic heterocycles. The Labute approximate surface area is 125 Å². The molecule has 112 valence electrons. The highest BCUT2D eigenvalue weighted by Crippen LogP contribution is 2.16. The molecule has 0 spiro atoms. The van der Waals surface area contributed by atoms with E-state index >= 15 is 0 Å². The Morgan fingerprint density at radius 3 is 2.43 bits per heavy atom. The Kier molecular flexibility index (Phi) is 5.07. The van der Waals surface area contributed by atoms with Gasteiger partial charge < -0.3 is 5.32 Å². The van der Waals surface area contributed by atoms with Gasteiger partial charge in [0.05, 0.1) is 0 Å². The van der Waals surface area contributed by atoms with Gasteiger partial charge in [0.15, 0.2) is 0 Å². The zero-order valence-corrected chi connectivity index (χ0v) is 12.5. The summed E-state index contributed by atoms with van der Waals surface area (Å²) in [6.07, 6.45) is 1.88. The molecular weight excluding hydrogens is 268 g/mol. The van der Waals surface area contributed by atoms with E-state index in [0.717, 1.165) is 18.9 Å². The molecule has 3 heteroatoms. The average Bonchev–Trinajstić information content (AvgIpc) is 2.47. The standard InChI is InChI=1S/C18H21F2N/c1-18(2,11-10-14-6-4-3-5-7-14)21-13-15-12-16(19)8-9-17(15)20/h3-9,12,21H,10-11,13H2,1-2H3. The van der Waals surface area contributed by atoms with Gasteiger partial charge >= 0.3 is 0 Å². The zero-order chi connectivity index (χ0) is 15.3. The van der Waals surface area contributed by atoms with Crippen molar-refractivity contribution in [1.29, 1.82) is 0 Å². The van der Waals surface area contributed by atoms with Gasteiger partial charge in [-0.15, -0.1) is 0 Å². The van der Waals surface area contributed by atoms with Gasteiger partial charge in [-0.1, -0.05) is 30.3 Å². The van der Waals surface area contributed by atoms with E-state index in [-0.39, 0.29) is 11.4 Å². The molecular formula is C18H21F2N. The van der Waals surface area contributed by atoms with Crippen LogP contribution in [-0.4, -0.2) is 5.54 Å². The second-order valence-corrected chi connectivity index (χ2v) is 5.96. The molecule has 0 bridgehead atoms. The molecule has 2 aromatic rings. The highest BCUT2D eigenvalue weighted by molar-refractivity contribution is 5.19. The molecule has 0 fully saturated rings. The summed E-state index contributed by atoms with van der Waals surface area (Å²) in [5.74, 6) is -0.780. The first kappa shape index (κ1) is 15.6. The largest absolute Gasteiger partial charge is 0.308 e. The molecule has 0 saturated carbocycles. The molecule has 1 nitrogen and oxygen atoms in total. The van der Waals surface area contributed by atoms with Crippen molar-refractivity contribution < 1.29 is 8.78 Å². The summed E-state index contributed by atoms with van der Waals surface area (Å²) in [7, 11) is 0. The van der Waals surface area contributed by atoms with Crippen LogP contribution in [0.5, 0.6) is 0 Å². The third-order valence-electron chi connectivity index (χ3n) is 3.65. The maximum absolute atomic E-state index is 13.6. The topological polar surface area (TPSA) is 12.0 Å². The highest BCUT2D eigenvalue weighted by Gasteiger charge is 2.17. The van der Waals surface area contributed by atoms with Gasteiger partial charge in [0.1, 0.15) is 11.6 Å². The molecule has 0 atom stereocenters. The Balaban J connectivity index is 1.90. The van der Waals surface area contributed by atoms with Crippen LogP contribution in [0.1, 0.15) is 31.4 Å². The Morgan fingerprint density at radius 2 is 1.71 bits per heavy atom. The summed E-state index contributed by atoms with van der Waals surface area (Å²) in [5.41, 5.74) is 1.50. The summed E-state index contributed by atoms with van der Waals surface area (Å²) in [6.45, 7) is 4.48. The first-order valence-electron chi connectivity index (χ1n) is 7.19. The van der Waals surface area contributed by atoms with Gasteiger partial charge in [-0.05, 0) is 50.5 Å². The molecule has 21 heavy (non-hydrogen) atoms. The summed E-state index contributed by atoms with van der Waals surface area (Å²) < 4.78 is 26.7. The van der Waals surface area contributed by atoms with E-state index in [9.17, 15) is 8.78 Å². The Hall–Kier alpha value is -1.74. The molecule has 0 radical (unpaired) electrons. The Bertz CT molecular complexity index is 579. The van der Waals surface area contributed by atoms with Crippen LogP contribution in [0.15, 0.2) is 48.5 Å². The lowest BCUT2D eigenvalue weighted by atomic mass is 9.95. The van der Waals surface area contributed by atoms with Crippen LogP contribution < -0.4 is 5.32 Å². The fourth-order valence-electron chi connectivity index (χ4n) is 2.20. The van der Waals surface area contributed by atoms with Crippen LogP contribution in [-0.2, 0) is 13.0 Å². The molecule has 0 saturated heterocycles. The lowest BCUT2D eigenvalue weighted by molar-refractivity contribution is 0.357. The van der Waals surface area contributed by atoms with Crippen molar-refractivity contribution in [2.45, 2.75) is 38.8 Å². The minimum Gasteiger partial charge on any atom is -0.308 e. The number of hydrogen-bond donors (Lipinski definition) is 1. The SMILES string of the molecule is CC(C)(CCc1ccccc1)NCc1cc(F)ccc1F. The third-order valence-corrected chi connectivity index (χ3v) is 3.65. The summed E-state index contributed by atoms with van der Waals surface area (Å²) >= 11 is 0. The molecule has 0 aromatic heterocycles. The average molecular weight is 289 g/mol. The first-order valence-corrected chi connectivity index (χ1v) is 7.19. The van der Waals surface area contributed by atoms with Crippen LogP contribution in [0, 0.1) is 11.6 Å². The number of benzene rings is 2. The molecule has 0 amide bonds. The minimum atomic E-state index is -0.407. The van der Waals surface area contributed by atoms with Crippen LogP contribution in [0.4, 0.5) is 8.78 Å². The molecule has 0 unspecified atom stereocenters. The van der Waals surface area contributed by atoms with E-state index < -0.39 is 5.82 Å². The van der Waals surface area contributed by atoms with E-state index in [4.69, 9.17) is 0 Å². The predicted octanol–water partition coefficient (Wildman–Crippen LogP) is 4.47. The van der Waals surface area contributed by atoms with Crippen molar-refractivity contribution in [1.82, 2.24) is 5.32 Å². The van der Waals surface area contributed by atoms with Crippen molar-refractivity contribution in [3.05, 3.63) is 71.3 Å². The lowest BCUT2D eigenvalue weighted by Crippen LogP contribution is -2.39. The van der Waals surface area contributed by atoms with Crippen molar-refractivity contribution in [2.24, 2.45) is 0 Å². The fourth-order valence-corrected chi connectivity index (χ4v) is 2.20. The number of nitrogens with one attached hydrogen (secondary N) is 1. The van der Waals surface area contributed by atoms with E-state index in [0.29, 0.717) is 12.1 Å². The fraction of sp³-hybridized carbons (Fsp3) is 0.333. The predicted molar refractivity (Wildman–Crippen MR) is 82.0 cm³/mol. The lowest BCUT2D eigenvalue weighted by Gasteiger charge is -2.26. The molecule has 2 rings (SSSR count). The van der Waals surface area contributed by atoms with E-state index in [2.05, 4.69) is 31.3 Å². The van der Waals surface area contributed by atoms with Gasteiger partial charge in [-0.2, -0.15) is 0 Å². The smallest absolute Gasteiger partial charge is 0.127 e. The molecule has 1 N–H and O–H groups in total. The van der Waals surface area contributed by atoms with Crippen molar-refractivity contribution >= 4 is 0 Å². The molecule has 0 aliphatic carbocycles. The van der Waals surface area contributed by atoms with Crippen molar-refractivity contribution in [3.63, 3.8) is 0 Å². The van der Waals surface area contributed by atoms with Crippen molar-refractivity contribution in [2.75, 3.05) is 0 Å². The van der Waals surface area contributed by atoms with Gasteiger partial charge in [0, 0.05) is 17.6 Å². The maximum atomic E-state index is 13.6. The summed E-state index contributed by atoms with van der Waals surface area (Å²) in [5, 5.41) is 3.31. The highest BCUT2D eigenvalue weighted by atomic mass is 19.1. The normalized spacial score (nSPS) is 11.6. The summed E-state index contributed by atoms with van der Waals surface area (Å²) in [6, 6.07) is 13.8. The van der Waals surface area contributed by atoms with Crippen LogP contribution in [0.3, 0.4) is 0 Å². The van der Waals surface area contributed by atoms with Gasteiger partial charge in [0.25, 0.3) is 0 Å². The zero-order valence-electron chi connectivity index (χ0n) is 12.5. The number of rotatable bonds is 6. The second-order valence-electron chi connectivity index (χ2n) is 5.96. The number of hydrogen-bond acceptors (Lipinski definition) is 1. The van der Waals surface area contributed by atoms with Crippen LogP contribution in [0.2, 0.25) is 0 Å². The molecule has 2 aromatic carbocycles. The maximum Gasteiger partial charge on any atom is 0.127 e. The molecule has 0 aliphatic rings. The van der Waals surface area contributed by atoms with Gasteiger partial charge in [-0.3, -0.25) is 0 Å². The van der Waals surface area contributed by atoms with E-state index in [1.165, 1.54) is 17.7 Å². The quantitative estimate of drug-likeness (QED) is 0.827. The number of aryl methyl sites for hydroxylation is 1. The van der Waals surface area contributed by atoms with E-state index in [1.54, 1.807) is 0 Å². The third kappa shape index (κ3) is 4.94. The van der Waals surface area contributed by atoms with E-state index in [1.807, 2.05) is 18.2 Å². The van der Waals surface area contributed by atoms with Gasteiger partial charge in [-0.25, -0.2) is 8.78 Å².